The summed E-state index contributed by atoms with van der Waals surface area (Å²) in [4.78, 5) is 5.69. The fraction of sp³-hybridized carbons (Fsp3) is 0.481. The molecule has 0 amide bonds. The van der Waals surface area contributed by atoms with Crippen LogP contribution in [0.1, 0.15) is 53.0 Å². The SMILES string of the molecule is CC.CCC.CCN1CCN(c2cc(Sn3cc(C(F)F)c4ccc(Cl)cc43)ccc2OC)CC1. The van der Waals surface area contributed by atoms with Crippen molar-refractivity contribution in [2.24, 2.45) is 0 Å². The van der Waals surface area contributed by atoms with Gasteiger partial charge in [-0.15, -0.1) is 0 Å². The highest BCUT2D eigenvalue weighted by molar-refractivity contribution is 7.98. The van der Waals surface area contributed by atoms with Gasteiger partial charge in [0.1, 0.15) is 5.75 Å². The highest BCUT2D eigenvalue weighted by Gasteiger charge is 2.21. The van der Waals surface area contributed by atoms with E-state index in [-0.39, 0.29) is 5.56 Å². The number of ether oxygens (including phenoxy) is 1. The highest BCUT2D eigenvalue weighted by atomic mass is 35.5. The monoisotopic (exact) mass is 525 g/mol. The number of nitrogens with zero attached hydrogens (tertiary/aromatic N) is 3. The number of anilines is 1. The lowest BCUT2D eigenvalue weighted by Crippen LogP contribution is -2.46. The summed E-state index contributed by atoms with van der Waals surface area (Å²) in [5, 5.41) is 1.04. The minimum Gasteiger partial charge on any atom is -0.495 e. The molecule has 2 aromatic carbocycles. The third-order valence-corrected chi connectivity index (χ3v) is 6.71. The minimum atomic E-state index is -2.54. The van der Waals surface area contributed by atoms with Crippen LogP contribution in [-0.2, 0) is 0 Å². The van der Waals surface area contributed by atoms with E-state index in [4.69, 9.17) is 16.3 Å². The van der Waals surface area contributed by atoms with E-state index in [9.17, 15) is 8.78 Å². The molecular weight excluding hydrogens is 488 g/mol. The van der Waals surface area contributed by atoms with Crippen molar-refractivity contribution in [3.05, 3.63) is 53.2 Å². The first-order valence-electron chi connectivity index (χ1n) is 12.3. The molecule has 1 aliphatic rings. The van der Waals surface area contributed by atoms with E-state index in [2.05, 4.69) is 36.6 Å². The third-order valence-electron chi connectivity index (χ3n) is 5.51. The first kappa shape index (κ1) is 29.3. The number of methoxy groups -OCH3 is 1. The van der Waals surface area contributed by atoms with Gasteiger partial charge in [-0.3, -0.25) is 3.97 Å². The van der Waals surface area contributed by atoms with Crippen LogP contribution in [0.4, 0.5) is 14.5 Å². The van der Waals surface area contributed by atoms with Crippen LogP contribution < -0.4 is 9.64 Å². The van der Waals surface area contributed by atoms with E-state index in [0.717, 1.165) is 49.1 Å². The molecule has 194 valence electrons. The Labute approximate surface area is 218 Å². The summed E-state index contributed by atoms with van der Waals surface area (Å²) < 4.78 is 34.4. The second kappa shape index (κ2) is 14.6. The van der Waals surface area contributed by atoms with Gasteiger partial charge in [0.2, 0.25) is 0 Å². The van der Waals surface area contributed by atoms with E-state index in [1.165, 1.54) is 24.6 Å². The van der Waals surface area contributed by atoms with Crippen LogP contribution in [0.15, 0.2) is 47.5 Å². The maximum atomic E-state index is 13.5. The number of halogens is 3. The van der Waals surface area contributed by atoms with Gasteiger partial charge >= 0.3 is 0 Å². The third kappa shape index (κ3) is 7.51. The summed E-state index contributed by atoms with van der Waals surface area (Å²) in [6.07, 6.45) is 0.206. The van der Waals surface area contributed by atoms with Crippen LogP contribution in [0.25, 0.3) is 10.9 Å². The average molecular weight is 526 g/mol. The fourth-order valence-electron chi connectivity index (χ4n) is 3.84. The Morgan fingerprint density at radius 1 is 1.00 bits per heavy atom. The maximum Gasteiger partial charge on any atom is 0.265 e. The van der Waals surface area contributed by atoms with Gasteiger partial charge in [-0.2, -0.15) is 0 Å². The molecule has 1 saturated heterocycles. The van der Waals surface area contributed by atoms with Gasteiger partial charge in [-0.25, -0.2) is 8.78 Å². The van der Waals surface area contributed by atoms with Gasteiger partial charge in [-0.1, -0.05) is 58.7 Å². The zero-order valence-corrected chi connectivity index (χ0v) is 23.2. The second-order valence-corrected chi connectivity index (χ2v) is 9.41. The fourth-order valence-corrected chi connectivity index (χ4v) is 4.94. The summed E-state index contributed by atoms with van der Waals surface area (Å²) in [6.45, 7) is 15.3. The summed E-state index contributed by atoms with van der Waals surface area (Å²) in [5.41, 5.74) is 1.72. The number of hydrogen-bond donors (Lipinski definition) is 0. The highest BCUT2D eigenvalue weighted by Crippen LogP contribution is 2.38. The van der Waals surface area contributed by atoms with Gasteiger partial charge in [0.05, 0.1) is 18.3 Å². The Hall–Kier alpha value is -1.96. The molecule has 0 bridgehead atoms. The molecule has 0 N–H and O–H groups in total. The number of aromatic nitrogens is 1. The topological polar surface area (TPSA) is 20.6 Å². The summed E-state index contributed by atoms with van der Waals surface area (Å²) >= 11 is 7.53. The summed E-state index contributed by atoms with van der Waals surface area (Å²) in [7, 11) is 1.67. The zero-order chi connectivity index (χ0) is 26.0. The van der Waals surface area contributed by atoms with Crippen LogP contribution in [0.2, 0.25) is 5.02 Å². The van der Waals surface area contributed by atoms with Crippen molar-refractivity contribution in [1.29, 1.82) is 0 Å². The van der Waals surface area contributed by atoms with Crippen molar-refractivity contribution in [3.8, 4) is 5.75 Å². The molecular formula is C27H38ClF2N3OS. The number of likely N-dealkylation sites (N-methyl/N-ethyl adjacent to an activating group) is 1. The molecule has 2 heterocycles. The van der Waals surface area contributed by atoms with E-state index in [1.54, 1.807) is 29.3 Å². The van der Waals surface area contributed by atoms with Crippen molar-refractivity contribution >= 4 is 40.1 Å². The molecule has 0 atom stereocenters. The first-order chi connectivity index (χ1) is 16.9. The van der Waals surface area contributed by atoms with Gasteiger partial charge in [0.15, 0.2) is 0 Å². The Morgan fingerprint density at radius 2 is 1.66 bits per heavy atom. The van der Waals surface area contributed by atoms with E-state index < -0.39 is 6.43 Å². The quantitative estimate of drug-likeness (QED) is 0.322. The smallest absolute Gasteiger partial charge is 0.265 e. The zero-order valence-electron chi connectivity index (χ0n) is 21.7. The van der Waals surface area contributed by atoms with Gasteiger partial charge in [0, 0.05) is 53.2 Å². The van der Waals surface area contributed by atoms with Crippen LogP contribution in [-0.4, -0.2) is 48.7 Å². The lowest BCUT2D eigenvalue weighted by atomic mass is 10.2. The van der Waals surface area contributed by atoms with Crippen molar-refractivity contribution in [3.63, 3.8) is 0 Å². The Balaban J connectivity index is 0.000000803. The van der Waals surface area contributed by atoms with Crippen molar-refractivity contribution in [2.45, 2.75) is 52.4 Å². The predicted octanol–water partition coefficient (Wildman–Crippen LogP) is 8.38. The predicted molar refractivity (Wildman–Crippen MR) is 148 cm³/mol. The maximum absolute atomic E-state index is 13.5. The van der Waals surface area contributed by atoms with E-state index >= 15 is 0 Å². The summed E-state index contributed by atoms with van der Waals surface area (Å²) in [6, 6.07) is 11.0. The van der Waals surface area contributed by atoms with Crippen LogP contribution in [0.5, 0.6) is 5.75 Å². The Kier molecular flexibility index (Phi) is 12.2. The lowest BCUT2D eigenvalue weighted by molar-refractivity contribution is 0.153. The van der Waals surface area contributed by atoms with Gasteiger partial charge in [-0.05, 0) is 48.8 Å². The molecule has 4 rings (SSSR count). The Bertz CT molecular complexity index is 1050. The molecule has 1 aromatic heterocycles. The normalized spacial score (nSPS) is 13.8. The second-order valence-electron chi connectivity index (χ2n) is 7.93. The van der Waals surface area contributed by atoms with Crippen molar-refractivity contribution < 1.29 is 13.5 Å². The summed E-state index contributed by atoms with van der Waals surface area (Å²) in [5.74, 6) is 0.818. The molecule has 0 spiro atoms. The van der Waals surface area contributed by atoms with Gasteiger partial charge in [0.25, 0.3) is 6.43 Å². The number of benzene rings is 2. The Morgan fingerprint density at radius 3 is 2.23 bits per heavy atom. The van der Waals surface area contributed by atoms with Crippen LogP contribution >= 0.6 is 23.5 Å². The molecule has 0 saturated carbocycles. The number of alkyl halides is 2. The average Bonchev–Trinajstić information content (AvgIpc) is 3.23. The molecule has 1 fully saturated rings. The molecule has 0 aliphatic carbocycles. The molecule has 4 nitrogen and oxygen atoms in total. The van der Waals surface area contributed by atoms with Crippen molar-refractivity contribution in [1.82, 2.24) is 8.87 Å². The number of fused-ring (bicyclic) bond motifs is 1. The van der Waals surface area contributed by atoms with E-state index in [0.29, 0.717) is 15.9 Å². The van der Waals surface area contributed by atoms with Crippen molar-refractivity contribution in [2.75, 3.05) is 44.7 Å². The molecule has 0 radical (unpaired) electrons. The molecule has 1 aliphatic heterocycles. The molecule has 3 aromatic rings. The number of rotatable bonds is 6. The van der Waals surface area contributed by atoms with E-state index in [1.807, 2.05) is 26.0 Å². The molecule has 35 heavy (non-hydrogen) atoms. The first-order valence-corrected chi connectivity index (χ1v) is 13.5. The molecule has 8 heteroatoms. The minimum absolute atomic E-state index is 0.0126. The van der Waals surface area contributed by atoms with Gasteiger partial charge < -0.3 is 14.5 Å². The largest absolute Gasteiger partial charge is 0.495 e. The van der Waals surface area contributed by atoms with Crippen LogP contribution in [0, 0.1) is 0 Å². The number of hydrogen-bond acceptors (Lipinski definition) is 4. The van der Waals surface area contributed by atoms with Crippen LogP contribution in [0.3, 0.4) is 0 Å². The molecule has 0 unspecified atom stereocenters. The lowest BCUT2D eigenvalue weighted by Gasteiger charge is -2.36. The number of piperazine rings is 1. The standard InChI is InChI=1S/C22H24ClF2N3OS.C3H8.C2H6/c1-3-26-8-10-27(11-9-26)20-13-16(5-7-21(20)29-2)30-28-14-18(22(24)25)17-6-4-15(23)12-19(17)28;1-3-2;1-2/h4-7,12-14,22H,3,8-11H2,1-2H3;3H2,1-2H3;1-2H3.